The summed E-state index contributed by atoms with van der Waals surface area (Å²) in [5, 5.41) is 12.3. The molecule has 1 aromatic carbocycles. The monoisotopic (exact) mass is 346 g/mol. The topological polar surface area (TPSA) is 62.1 Å². The van der Waals surface area contributed by atoms with E-state index in [0.29, 0.717) is 17.1 Å². The molecule has 124 valence electrons. The molecule has 0 aliphatic rings. The van der Waals surface area contributed by atoms with Gasteiger partial charge in [0, 0.05) is 17.9 Å². The Labute approximate surface area is 142 Å². The smallest absolute Gasteiger partial charge is 0.221 e. The lowest BCUT2D eigenvalue weighted by Crippen LogP contribution is -2.26. The maximum absolute atomic E-state index is 12.2. The third kappa shape index (κ3) is 6.25. The average molecular weight is 347 g/mol. The van der Waals surface area contributed by atoms with E-state index in [1.54, 1.807) is 31.4 Å². The molecule has 1 aromatic rings. The minimum atomic E-state index is -0.273. The second kappa shape index (κ2) is 11.3. The van der Waals surface area contributed by atoms with E-state index in [4.69, 9.17) is 9.94 Å². The lowest BCUT2D eigenvalue weighted by Gasteiger charge is -2.17. The Hall–Kier alpha value is -1.24. The first kappa shape index (κ1) is 20.8. The molecule has 5 nitrogen and oxygen atoms in total. The van der Waals surface area contributed by atoms with Gasteiger partial charge in [-0.3, -0.25) is 4.79 Å². The van der Waals surface area contributed by atoms with Gasteiger partial charge >= 0.3 is 0 Å². The van der Waals surface area contributed by atoms with Crippen LogP contribution in [0, 0.1) is 0 Å². The third-order valence-electron chi connectivity index (χ3n) is 3.18. The first-order valence-corrected chi connectivity index (χ1v) is 7.90. The average Bonchev–Trinajstić information content (AvgIpc) is 2.55. The standard InChI is InChI=1S/C15H22N2O3S.ClH/c1-4-17(5-2)10-11-21-15(16-19)14(18)12-6-8-13(20-3)9-7-12;/h6-9,19H,4-5,10-11H2,1-3H3;1H/b16-15-;. The Morgan fingerprint density at radius 3 is 2.32 bits per heavy atom. The van der Waals surface area contributed by atoms with Crippen LogP contribution in [0.1, 0.15) is 24.2 Å². The number of hydrogen-bond acceptors (Lipinski definition) is 6. The van der Waals surface area contributed by atoms with Crippen LogP contribution in [0.25, 0.3) is 0 Å². The van der Waals surface area contributed by atoms with Crippen LogP contribution in [-0.2, 0) is 0 Å². The maximum Gasteiger partial charge on any atom is 0.221 e. The van der Waals surface area contributed by atoms with Crippen LogP contribution in [0.4, 0.5) is 0 Å². The number of hydrogen-bond donors (Lipinski definition) is 1. The molecule has 0 amide bonds. The van der Waals surface area contributed by atoms with Crippen molar-refractivity contribution in [3.8, 4) is 5.75 Å². The number of carbonyl (C=O) groups excluding carboxylic acids is 1. The molecule has 7 heteroatoms. The Morgan fingerprint density at radius 2 is 1.86 bits per heavy atom. The van der Waals surface area contributed by atoms with Crippen LogP contribution >= 0.6 is 24.2 Å². The molecular weight excluding hydrogens is 324 g/mol. The molecule has 0 radical (unpaired) electrons. The van der Waals surface area contributed by atoms with Gasteiger partial charge in [-0.05, 0) is 37.4 Å². The van der Waals surface area contributed by atoms with Crippen molar-refractivity contribution in [2.75, 3.05) is 32.5 Å². The highest BCUT2D eigenvalue weighted by Gasteiger charge is 2.16. The number of Topliss-reactive ketones (excluding diaryl/α,β-unsaturated/α-hetero) is 1. The van der Waals surface area contributed by atoms with Gasteiger partial charge in [0.05, 0.1) is 7.11 Å². The number of thioether (sulfide) groups is 1. The number of nitrogens with zero attached hydrogens (tertiary/aromatic N) is 2. The fraction of sp³-hybridized carbons (Fsp3) is 0.467. The zero-order valence-corrected chi connectivity index (χ0v) is 14.7. The van der Waals surface area contributed by atoms with E-state index in [-0.39, 0.29) is 23.2 Å². The SMILES string of the molecule is CCN(CC)CCS/C(=N\O)C(=O)c1ccc(OC)cc1.Cl. The lowest BCUT2D eigenvalue weighted by atomic mass is 10.1. The van der Waals surface area contributed by atoms with Crippen molar-refractivity contribution in [1.82, 2.24) is 4.90 Å². The van der Waals surface area contributed by atoms with E-state index in [0.717, 1.165) is 19.6 Å². The summed E-state index contributed by atoms with van der Waals surface area (Å²) in [6, 6.07) is 6.75. The van der Waals surface area contributed by atoms with E-state index in [9.17, 15) is 4.79 Å². The molecular formula is C15H23ClN2O3S. The quantitative estimate of drug-likeness (QED) is 0.257. The zero-order chi connectivity index (χ0) is 15.7. The van der Waals surface area contributed by atoms with Gasteiger partial charge in [-0.2, -0.15) is 0 Å². The first-order valence-electron chi connectivity index (χ1n) is 6.92. The maximum atomic E-state index is 12.2. The normalized spacial score (nSPS) is 11.2. The summed E-state index contributed by atoms with van der Waals surface area (Å²) in [7, 11) is 1.57. The summed E-state index contributed by atoms with van der Waals surface area (Å²) in [4.78, 5) is 14.5. The predicted molar refractivity (Wildman–Crippen MR) is 94.0 cm³/mol. The molecule has 22 heavy (non-hydrogen) atoms. The van der Waals surface area contributed by atoms with Crippen LogP contribution in [0.5, 0.6) is 5.75 Å². The van der Waals surface area contributed by atoms with E-state index in [1.165, 1.54) is 11.8 Å². The number of halogens is 1. The minimum absolute atomic E-state index is 0. The number of benzene rings is 1. The van der Waals surface area contributed by atoms with Gasteiger partial charge in [-0.15, -0.1) is 12.4 Å². The molecule has 0 atom stereocenters. The van der Waals surface area contributed by atoms with Gasteiger partial charge in [0.1, 0.15) is 5.75 Å². The molecule has 1 rings (SSSR count). The fourth-order valence-electron chi connectivity index (χ4n) is 1.82. The highest BCUT2D eigenvalue weighted by atomic mass is 35.5. The largest absolute Gasteiger partial charge is 0.497 e. The molecule has 0 unspecified atom stereocenters. The molecule has 0 bridgehead atoms. The summed E-state index contributed by atoms with van der Waals surface area (Å²) < 4.78 is 5.05. The number of oxime groups is 1. The van der Waals surface area contributed by atoms with Crippen molar-refractivity contribution in [2.24, 2.45) is 5.16 Å². The molecule has 0 heterocycles. The summed E-state index contributed by atoms with van der Waals surface area (Å²) in [6.45, 7) is 6.98. The zero-order valence-electron chi connectivity index (χ0n) is 13.1. The molecule has 0 fully saturated rings. The van der Waals surface area contributed by atoms with Crippen LogP contribution in [0.3, 0.4) is 0 Å². The van der Waals surface area contributed by atoms with Gasteiger partial charge in [0.2, 0.25) is 5.78 Å². The van der Waals surface area contributed by atoms with E-state index < -0.39 is 0 Å². The van der Waals surface area contributed by atoms with E-state index in [2.05, 4.69) is 23.9 Å². The Kier molecular flexibility index (Phi) is 10.7. The number of methoxy groups -OCH3 is 1. The van der Waals surface area contributed by atoms with Gasteiger partial charge < -0.3 is 14.8 Å². The minimum Gasteiger partial charge on any atom is -0.497 e. The Balaban J connectivity index is 0.00000441. The number of ether oxygens (including phenoxy) is 1. The van der Waals surface area contributed by atoms with E-state index >= 15 is 0 Å². The van der Waals surface area contributed by atoms with Gasteiger partial charge in [0.15, 0.2) is 5.04 Å². The fourth-order valence-corrected chi connectivity index (χ4v) is 2.67. The summed E-state index contributed by atoms with van der Waals surface area (Å²) in [5.74, 6) is 1.12. The molecule has 0 aromatic heterocycles. The van der Waals surface area contributed by atoms with Crippen LogP contribution in [0.15, 0.2) is 29.4 Å². The highest BCUT2D eigenvalue weighted by Crippen LogP contribution is 2.15. The highest BCUT2D eigenvalue weighted by molar-refractivity contribution is 8.15. The lowest BCUT2D eigenvalue weighted by molar-refractivity contribution is 0.106. The first-order chi connectivity index (χ1) is 10.2. The van der Waals surface area contributed by atoms with Crippen molar-refractivity contribution < 1.29 is 14.7 Å². The number of rotatable bonds is 8. The Bertz CT molecular complexity index is 476. The molecule has 0 aliphatic carbocycles. The van der Waals surface area contributed by atoms with Crippen molar-refractivity contribution in [2.45, 2.75) is 13.8 Å². The third-order valence-corrected chi connectivity index (χ3v) is 4.11. The molecule has 1 N–H and O–H groups in total. The summed E-state index contributed by atoms with van der Waals surface area (Å²) >= 11 is 1.27. The van der Waals surface area contributed by atoms with Crippen LogP contribution in [0.2, 0.25) is 0 Å². The molecule has 0 saturated carbocycles. The van der Waals surface area contributed by atoms with Crippen LogP contribution < -0.4 is 4.74 Å². The van der Waals surface area contributed by atoms with Crippen molar-refractivity contribution in [1.29, 1.82) is 0 Å². The van der Waals surface area contributed by atoms with E-state index in [1.807, 2.05) is 0 Å². The van der Waals surface area contributed by atoms with Crippen molar-refractivity contribution in [3.63, 3.8) is 0 Å². The molecule has 0 spiro atoms. The van der Waals surface area contributed by atoms with Crippen LogP contribution in [-0.4, -0.2) is 53.4 Å². The predicted octanol–water partition coefficient (Wildman–Crippen LogP) is 3.16. The van der Waals surface area contributed by atoms with Gasteiger partial charge in [0.25, 0.3) is 0 Å². The van der Waals surface area contributed by atoms with Gasteiger partial charge in [-0.25, -0.2) is 0 Å². The van der Waals surface area contributed by atoms with Crippen molar-refractivity contribution in [3.05, 3.63) is 29.8 Å². The molecule has 0 aliphatic heterocycles. The molecule has 0 saturated heterocycles. The summed E-state index contributed by atoms with van der Waals surface area (Å²) in [5.41, 5.74) is 0.485. The van der Waals surface area contributed by atoms with Crippen molar-refractivity contribution >= 4 is 35.0 Å². The second-order valence-corrected chi connectivity index (χ2v) is 5.42. The Morgan fingerprint density at radius 1 is 1.27 bits per heavy atom. The summed E-state index contributed by atoms with van der Waals surface area (Å²) in [6.07, 6.45) is 0. The second-order valence-electron chi connectivity index (χ2n) is 4.34. The number of ketones is 1. The number of carbonyl (C=O) groups is 1. The van der Waals surface area contributed by atoms with Gasteiger partial charge in [-0.1, -0.05) is 30.8 Å².